The number of carbonyl (C=O) groups excluding carboxylic acids is 1. The fourth-order valence-corrected chi connectivity index (χ4v) is 2.53. The average molecular weight is 348 g/mol. The minimum Gasteiger partial charge on any atom is -0.475 e. The molecule has 0 aliphatic heterocycles. The maximum atomic E-state index is 12.2. The lowest BCUT2D eigenvalue weighted by atomic mass is 10.2. The Morgan fingerprint density at radius 1 is 1.33 bits per heavy atom. The number of benzene rings is 1. The minimum atomic E-state index is -1.14. The van der Waals surface area contributed by atoms with Gasteiger partial charge in [-0.2, -0.15) is 5.10 Å². The van der Waals surface area contributed by atoms with Gasteiger partial charge >= 0.3 is 5.97 Å². The number of nitrogens with zero attached hydrogens (tertiary/aromatic N) is 2. The van der Waals surface area contributed by atoms with E-state index in [0.717, 1.165) is 5.69 Å². The van der Waals surface area contributed by atoms with Crippen LogP contribution in [0.25, 0.3) is 11.0 Å². The first kappa shape index (κ1) is 16.1. The quantitative estimate of drug-likeness (QED) is 0.755. The molecule has 1 aromatic carbocycles. The number of carboxylic acid groups (broad SMARTS) is 1. The van der Waals surface area contributed by atoms with E-state index in [0.29, 0.717) is 27.4 Å². The number of aromatic nitrogens is 2. The Kier molecular flexibility index (Phi) is 4.02. The van der Waals surface area contributed by atoms with E-state index in [4.69, 9.17) is 21.1 Å². The van der Waals surface area contributed by atoms with Gasteiger partial charge in [-0.25, -0.2) is 4.79 Å². The molecule has 0 spiro atoms. The molecule has 2 heterocycles. The molecule has 2 aromatic heterocycles. The molecule has 0 saturated carbocycles. The summed E-state index contributed by atoms with van der Waals surface area (Å²) < 4.78 is 6.71. The van der Waals surface area contributed by atoms with Crippen LogP contribution in [-0.2, 0) is 11.3 Å². The van der Waals surface area contributed by atoms with Crippen LogP contribution in [0, 0.1) is 13.8 Å². The zero-order chi connectivity index (χ0) is 17.4. The fraction of sp³-hybridized carbons (Fsp3) is 0.188. The Morgan fingerprint density at radius 3 is 2.71 bits per heavy atom. The van der Waals surface area contributed by atoms with Gasteiger partial charge in [0.2, 0.25) is 11.7 Å². The van der Waals surface area contributed by atoms with E-state index < -0.39 is 5.97 Å². The molecule has 0 aliphatic carbocycles. The average Bonchev–Trinajstić information content (AvgIpc) is 3.04. The molecule has 0 atom stereocenters. The van der Waals surface area contributed by atoms with Crippen LogP contribution < -0.4 is 5.32 Å². The van der Waals surface area contributed by atoms with E-state index in [1.54, 1.807) is 32.0 Å². The summed E-state index contributed by atoms with van der Waals surface area (Å²) in [5.41, 5.74) is 2.37. The van der Waals surface area contributed by atoms with Crippen LogP contribution >= 0.6 is 11.6 Å². The highest BCUT2D eigenvalue weighted by atomic mass is 35.5. The molecular weight excluding hydrogens is 334 g/mol. The molecule has 3 aromatic rings. The number of fused-ring (bicyclic) bond motifs is 1. The summed E-state index contributed by atoms with van der Waals surface area (Å²) in [5, 5.41) is 17.0. The Balaban J connectivity index is 1.77. The first-order valence-corrected chi connectivity index (χ1v) is 7.49. The third-order valence-corrected chi connectivity index (χ3v) is 4.14. The van der Waals surface area contributed by atoms with E-state index in [1.165, 1.54) is 10.7 Å². The number of hydrogen-bond acceptors (Lipinski definition) is 4. The third-order valence-electron chi connectivity index (χ3n) is 3.60. The third kappa shape index (κ3) is 2.98. The first-order chi connectivity index (χ1) is 11.3. The Labute approximate surface area is 141 Å². The van der Waals surface area contributed by atoms with Gasteiger partial charge in [-0.15, -0.1) is 0 Å². The molecule has 24 heavy (non-hydrogen) atoms. The number of furan rings is 1. The van der Waals surface area contributed by atoms with Crippen LogP contribution in [0.3, 0.4) is 0 Å². The second kappa shape index (κ2) is 6.01. The summed E-state index contributed by atoms with van der Waals surface area (Å²) in [6.07, 6.45) is 0. The van der Waals surface area contributed by atoms with Crippen molar-refractivity contribution in [2.75, 3.05) is 5.32 Å². The lowest BCUT2D eigenvalue weighted by Gasteiger charge is -2.07. The fourth-order valence-electron chi connectivity index (χ4n) is 2.39. The van der Waals surface area contributed by atoms with Crippen LogP contribution in [0.1, 0.15) is 21.9 Å². The minimum absolute atomic E-state index is 0.0309. The van der Waals surface area contributed by atoms with Gasteiger partial charge in [0, 0.05) is 11.1 Å². The van der Waals surface area contributed by atoms with Crippen molar-refractivity contribution >= 4 is 40.1 Å². The van der Waals surface area contributed by atoms with Crippen LogP contribution in [-0.4, -0.2) is 26.8 Å². The van der Waals surface area contributed by atoms with Gasteiger partial charge in [-0.3, -0.25) is 9.48 Å². The van der Waals surface area contributed by atoms with E-state index in [9.17, 15) is 9.59 Å². The number of rotatable bonds is 4. The number of amides is 1. The Morgan fingerprint density at radius 2 is 2.08 bits per heavy atom. The second-order valence-corrected chi connectivity index (χ2v) is 5.74. The normalized spacial score (nSPS) is 11.0. The highest BCUT2D eigenvalue weighted by Crippen LogP contribution is 2.23. The predicted molar refractivity (Wildman–Crippen MR) is 88.5 cm³/mol. The number of aryl methyl sites for hydroxylation is 1. The van der Waals surface area contributed by atoms with Crippen molar-refractivity contribution in [1.29, 1.82) is 0 Å². The van der Waals surface area contributed by atoms with Crippen LogP contribution in [0.2, 0.25) is 5.02 Å². The van der Waals surface area contributed by atoms with Gasteiger partial charge in [-0.1, -0.05) is 11.6 Å². The molecule has 0 fully saturated rings. The summed E-state index contributed by atoms with van der Waals surface area (Å²) in [7, 11) is 0. The Hall–Kier alpha value is -2.80. The smallest absolute Gasteiger partial charge is 0.371 e. The van der Waals surface area contributed by atoms with Crippen LogP contribution in [0.4, 0.5) is 5.69 Å². The van der Waals surface area contributed by atoms with Crippen LogP contribution in [0.15, 0.2) is 28.7 Å². The lowest BCUT2D eigenvalue weighted by molar-refractivity contribution is -0.116. The van der Waals surface area contributed by atoms with Gasteiger partial charge in [0.1, 0.15) is 12.1 Å². The molecule has 2 N–H and O–H groups in total. The summed E-state index contributed by atoms with van der Waals surface area (Å²) in [4.78, 5) is 23.1. The van der Waals surface area contributed by atoms with Crippen molar-refractivity contribution in [1.82, 2.24) is 9.78 Å². The van der Waals surface area contributed by atoms with E-state index >= 15 is 0 Å². The SMILES string of the molecule is Cc1nn(CC(=O)Nc2ccc3oc(C(=O)O)cc3c2)c(C)c1Cl. The largest absolute Gasteiger partial charge is 0.475 e. The summed E-state index contributed by atoms with van der Waals surface area (Å²) in [5.74, 6) is -1.55. The highest BCUT2D eigenvalue weighted by Gasteiger charge is 2.14. The number of carboxylic acids is 1. The molecule has 124 valence electrons. The molecule has 0 aliphatic rings. The number of halogens is 1. The Bertz CT molecular complexity index is 958. The van der Waals surface area contributed by atoms with E-state index in [2.05, 4.69) is 10.4 Å². The van der Waals surface area contributed by atoms with Crippen molar-refractivity contribution in [2.24, 2.45) is 0 Å². The van der Waals surface area contributed by atoms with E-state index in [-0.39, 0.29) is 18.2 Å². The zero-order valence-corrected chi connectivity index (χ0v) is 13.7. The van der Waals surface area contributed by atoms with Gasteiger partial charge in [0.15, 0.2) is 0 Å². The number of nitrogens with one attached hydrogen (secondary N) is 1. The zero-order valence-electron chi connectivity index (χ0n) is 13.0. The molecule has 1 amide bonds. The van der Waals surface area contributed by atoms with Crippen molar-refractivity contribution in [2.45, 2.75) is 20.4 Å². The molecule has 0 radical (unpaired) electrons. The molecule has 0 saturated heterocycles. The topological polar surface area (TPSA) is 97.4 Å². The molecular formula is C16H14ClN3O4. The summed E-state index contributed by atoms with van der Waals surface area (Å²) >= 11 is 6.06. The predicted octanol–water partition coefficient (Wildman–Crippen LogP) is 3.24. The lowest BCUT2D eigenvalue weighted by Crippen LogP contribution is -2.20. The maximum Gasteiger partial charge on any atom is 0.371 e. The van der Waals surface area contributed by atoms with E-state index in [1.807, 2.05) is 0 Å². The number of carbonyl (C=O) groups is 2. The standard InChI is InChI=1S/C16H14ClN3O4/c1-8-15(17)9(2)20(19-8)7-14(21)18-11-3-4-12-10(5-11)6-13(24-12)16(22)23/h3-6H,7H2,1-2H3,(H,18,21)(H,22,23). The number of hydrogen-bond donors (Lipinski definition) is 2. The molecule has 8 heteroatoms. The summed E-state index contributed by atoms with van der Waals surface area (Å²) in [6, 6.07) is 6.31. The molecule has 0 unspecified atom stereocenters. The number of anilines is 1. The molecule has 7 nitrogen and oxygen atoms in total. The van der Waals surface area contributed by atoms with Gasteiger partial charge in [-0.05, 0) is 38.1 Å². The van der Waals surface area contributed by atoms with Gasteiger partial charge in [0.25, 0.3) is 0 Å². The highest BCUT2D eigenvalue weighted by molar-refractivity contribution is 6.31. The van der Waals surface area contributed by atoms with Crippen molar-refractivity contribution < 1.29 is 19.1 Å². The second-order valence-electron chi connectivity index (χ2n) is 5.36. The monoisotopic (exact) mass is 347 g/mol. The maximum absolute atomic E-state index is 12.2. The molecule has 0 bridgehead atoms. The molecule has 3 rings (SSSR count). The summed E-state index contributed by atoms with van der Waals surface area (Å²) in [6.45, 7) is 3.60. The van der Waals surface area contributed by atoms with Crippen molar-refractivity contribution in [3.63, 3.8) is 0 Å². The first-order valence-electron chi connectivity index (χ1n) is 7.11. The van der Waals surface area contributed by atoms with Crippen LogP contribution in [0.5, 0.6) is 0 Å². The van der Waals surface area contributed by atoms with Gasteiger partial charge < -0.3 is 14.8 Å². The number of aromatic carboxylic acids is 1. The van der Waals surface area contributed by atoms with Crippen molar-refractivity contribution in [3.8, 4) is 0 Å². The van der Waals surface area contributed by atoms with Crippen molar-refractivity contribution in [3.05, 3.63) is 46.4 Å². The van der Waals surface area contributed by atoms with Gasteiger partial charge in [0.05, 0.1) is 16.4 Å².